The van der Waals surface area contributed by atoms with Crippen LogP contribution in [-0.4, -0.2) is 17.9 Å². The number of anilines is 1. The molecule has 0 bridgehead atoms. The summed E-state index contributed by atoms with van der Waals surface area (Å²) < 4.78 is 0. The van der Waals surface area contributed by atoms with Gasteiger partial charge in [0.05, 0.1) is 6.42 Å². The monoisotopic (exact) mass is 344 g/mol. The molecule has 0 aromatic heterocycles. The maximum atomic E-state index is 12.6. The molecule has 3 aromatic carbocycles. The lowest BCUT2D eigenvalue weighted by atomic mass is 10.0. The molecule has 1 aliphatic carbocycles. The summed E-state index contributed by atoms with van der Waals surface area (Å²) >= 11 is 0. The summed E-state index contributed by atoms with van der Waals surface area (Å²) in [5.41, 5.74) is 2.30. The highest BCUT2D eigenvalue weighted by atomic mass is 16.2. The van der Waals surface area contributed by atoms with Crippen molar-refractivity contribution in [3.63, 3.8) is 0 Å². The van der Waals surface area contributed by atoms with Gasteiger partial charge >= 0.3 is 0 Å². The molecular formula is C22H20N2O2. The fraction of sp³-hybridized carbons (Fsp3) is 0.182. The molecule has 4 heteroatoms. The van der Waals surface area contributed by atoms with Gasteiger partial charge in [-0.25, -0.2) is 0 Å². The van der Waals surface area contributed by atoms with E-state index in [4.69, 9.17) is 0 Å². The van der Waals surface area contributed by atoms with E-state index in [-0.39, 0.29) is 11.8 Å². The van der Waals surface area contributed by atoms with Crippen LogP contribution in [-0.2, 0) is 11.2 Å². The topological polar surface area (TPSA) is 58.2 Å². The van der Waals surface area contributed by atoms with Crippen LogP contribution in [0.5, 0.6) is 0 Å². The van der Waals surface area contributed by atoms with Crippen LogP contribution < -0.4 is 10.6 Å². The Kier molecular flexibility index (Phi) is 4.40. The lowest BCUT2D eigenvalue weighted by Gasteiger charge is -2.09. The van der Waals surface area contributed by atoms with Crippen LogP contribution in [0.4, 0.5) is 5.69 Å². The van der Waals surface area contributed by atoms with Crippen molar-refractivity contribution in [3.05, 3.63) is 77.9 Å². The van der Waals surface area contributed by atoms with Gasteiger partial charge in [-0.3, -0.25) is 9.59 Å². The molecule has 26 heavy (non-hydrogen) atoms. The molecule has 0 heterocycles. The Morgan fingerprint density at radius 2 is 1.62 bits per heavy atom. The van der Waals surface area contributed by atoms with Crippen molar-refractivity contribution in [3.8, 4) is 0 Å². The number of carbonyl (C=O) groups excluding carboxylic acids is 2. The summed E-state index contributed by atoms with van der Waals surface area (Å²) in [5, 5.41) is 7.88. The summed E-state index contributed by atoms with van der Waals surface area (Å²) in [5.74, 6) is -0.0823. The summed E-state index contributed by atoms with van der Waals surface area (Å²) in [6.07, 6.45) is 2.55. The quantitative estimate of drug-likeness (QED) is 0.737. The number of fused-ring (bicyclic) bond motifs is 1. The van der Waals surface area contributed by atoms with Crippen LogP contribution in [0.3, 0.4) is 0 Å². The zero-order valence-electron chi connectivity index (χ0n) is 14.4. The normalized spacial score (nSPS) is 13.4. The molecule has 1 saturated carbocycles. The molecule has 2 amide bonds. The molecule has 0 spiro atoms. The highest BCUT2D eigenvalue weighted by Crippen LogP contribution is 2.21. The second kappa shape index (κ2) is 7.00. The van der Waals surface area contributed by atoms with E-state index in [1.165, 1.54) is 0 Å². The fourth-order valence-corrected chi connectivity index (χ4v) is 3.02. The van der Waals surface area contributed by atoms with Gasteiger partial charge < -0.3 is 10.6 Å². The van der Waals surface area contributed by atoms with Crippen LogP contribution >= 0.6 is 0 Å². The maximum Gasteiger partial charge on any atom is 0.256 e. The van der Waals surface area contributed by atoms with Gasteiger partial charge in [0, 0.05) is 17.3 Å². The van der Waals surface area contributed by atoms with E-state index in [1.54, 1.807) is 0 Å². The average molecular weight is 344 g/mol. The minimum atomic E-state index is -0.138. The number of rotatable bonds is 5. The van der Waals surface area contributed by atoms with Crippen LogP contribution in [0.25, 0.3) is 10.8 Å². The first-order valence-electron chi connectivity index (χ1n) is 8.86. The second-order valence-electron chi connectivity index (χ2n) is 6.70. The van der Waals surface area contributed by atoms with Crippen molar-refractivity contribution < 1.29 is 9.59 Å². The Bertz CT molecular complexity index is 954. The van der Waals surface area contributed by atoms with E-state index in [9.17, 15) is 9.59 Å². The molecule has 0 aliphatic heterocycles. The van der Waals surface area contributed by atoms with Gasteiger partial charge in [0.15, 0.2) is 0 Å². The smallest absolute Gasteiger partial charge is 0.256 e. The van der Waals surface area contributed by atoms with Crippen molar-refractivity contribution in [2.24, 2.45) is 0 Å². The van der Waals surface area contributed by atoms with E-state index in [2.05, 4.69) is 10.6 Å². The number of benzene rings is 3. The number of hydrogen-bond donors (Lipinski definition) is 2. The standard InChI is InChI=1S/C22H20N2O2/c25-21(23-17-12-13-17)14-15-8-10-18(11-9-15)24-22(26)20-7-3-5-16-4-1-2-6-19(16)20/h1-11,17H,12-14H2,(H,23,25)(H,24,26). The van der Waals surface area contributed by atoms with Gasteiger partial charge in [0.1, 0.15) is 0 Å². The van der Waals surface area contributed by atoms with Gasteiger partial charge in [-0.1, -0.05) is 48.5 Å². The van der Waals surface area contributed by atoms with Gasteiger partial charge in [0.2, 0.25) is 5.91 Å². The Morgan fingerprint density at radius 1 is 0.885 bits per heavy atom. The number of nitrogens with one attached hydrogen (secondary N) is 2. The minimum absolute atomic E-state index is 0.0556. The third-order valence-corrected chi connectivity index (χ3v) is 4.55. The molecule has 3 aromatic rings. The zero-order valence-corrected chi connectivity index (χ0v) is 14.4. The molecule has 130 valence electrons. The molecule has 0 atom stereocenters. The predicted molar refractivity (Wildman–Crippen MR) is 103 cm³/mol. The van der Waals surface area contributed by atoms with Crippen molar-refractivity contribution in [2.75, 3.05) is 5.32 Å². The SMILES string of the molecule is O=C(Cc1ccc(NC(=O)c2cccc3ccccc23)cc1)NC1CC1. The van der Waals surface area contributed by atoms with Gasteiger partial charge in [-0.2, -0.15) is 0 Å². The molecular weight excluding hydrogens is 324 g/mol. The molecule has 1 aliphatic rings. The van der Waals surface area contributed by atoms with E-state index in [1.807, 2.05) is 66.7 Å². The van der Waals surface area contributed by atoms with E-state index in [0.717, 1.165) is 29.2 Å². The Morgan fingerprint density at radius 3 is 2.38 bits per heavy atom. The molecule has 0 radical (unpaired) electrons. The molecule has 1 fully saturated rings. The third-order valence-electron chi connectivity index (χ3n) is 4.55. The summed E-state index contributed by atoms with van der Waals surface area (Å²) in [7, 11) is 0. The number of hydrogen-bond acceptors (Lipinski definition) is 2. The minimum Gasteiger partial charge on any atom is -0.353 e. The lowest BCUT2D eigenvalue weighted by Crippen LogP contribution is -2.26. The van der Waals surface area contributed by atoms with Crippen molar-refractivity contribution >= 4 is 28.3 Å². The van der Waals surface area contributed by atoms with Crippen LogP contribution in [0.15, 0.2) is 66.7 Å². The van der Waals surface area contributed by atoms with Crippen LogP contribution in [0, 0.1) is 0 Å². The Balaban J connectivity index is 1.44. The maximum absolute atomic E-state index is 12.6. The van der Waals surface area contributed by atoms with Crippen molar-refractivity contribution in [2.45, 2.75) is 25.3 Å². The molecule has 0 unspecified atom stereocenters. The Hall–Kier alpha value is -3.14. The fourth-order valence-electron chi connectivity index (χ4n) is 3.02. The second-order valence-corrected chi connectivity index (χ2v) is 6.70. The lowest BCUT2D eigenvalue weighted by molar-refractivity contribution is -0.120. The number of carbonyl (C=O) groups is 2. The highest BCUT2D eigenvalue weighted by Gasteiger charge is 2.23. The molecule has 4 rings (SSSR count). The van der Waals surface area contributed by atoms with E-state index >= 15 is 0 Å². The summed E-state index contributed by atoms with van der Waals surface area (Å²) in [6.45, 7) is 0. The van der Waals surface area contributed by atoms with Gasteiger partial charge in [-0.05, 0) is 47.4 Å². The van der Waals surface area contributed by atoms with E-state index in [0.29, 0.717) is 23.7 Å². The summed E-state index contributed by atoms with van der Waals surface area (Å²) in [6, 6.07) is 21.4. The van der Waals surface area contributed by atoms with Crippen molar-refractivity contribution in [1.82, 2.24) is 5.32 Å². The largest absolute Gasteiger partial charge is 0.353 e. The first-order valence-corrected chi connectivity index (χ1v) is 8.86. The first-order chi connectivity index (χ1) is 12.7. The molecule has 4 nitrogen and oxygen atoms in total. The van der Waals surface area contributed by atoms with Gasteiger partial charge in [-0.15, -0.1) is 0 Å². The van der Waals surface area contributed by atoms with E-state index < -0.39 is 0 Å². The molecule has 0 saturated heterocycles. The zero-order chi connectivity index (χ0) is 17.9. The Labute approximate surface area is 152 Å². The highest BCUT2D eigenvalue weighted by molar-refractivity contribution is 6.12. The summed E-state index contributed by atoms with van der Waals surface area (Å²) in [4.78, 5) is 24.5. The number of amides is 2. The average Bonchev–Trinajstić information content (AvgIpc) is 3.46. The van der Waals surface area contributed by atoms with Gasteiger partial charge in [0.25, 0.3) is 5.91 Å². The van der Waals surface area contributed by atoms with Crippen LogP contribution in [0.1, 0.15) is 28.8 Å². The van der Waals surface area contributed by atoms with Crippen molar-refractivity contribution in [1.29, 1.82) is 0 Å². The molecule has 2 N–H and O–H groups in total. The first kappa shape index (κ1) is 16.3. The van der Waals surface area contributed by atoms with Crippen LogP contribution in [0.2, 0.25) is 0 Å². The third kappa shape index (κ3) is 3.75. The predicted octanol–water partition coefficient (Wildman–Crippen LogP) is 3.91.